The average Bonchev–Trinajstić information content (AvgIpc) is 2.87. The van der Waals surface area contributed by atoms with Crippen molar-refractivity contribution in [3.05, 3.63) is 63.1 Å². The smallest absolute Gasteiger partial charge is 0.108 e. The maximum atomic E-state index is 6.23. The molecule has 5 heteroatoms. The standard InChI is InChI=1S/C16H14Cl2N2S/c1-10(12-7-6-11(17)8-13(12)18)19-9-16-20-14-4-2-3-5-15(14)21-16/h2-8,10,19H,9H2,1H3/t10-/m0/s1. The van der Waals surface area contributed by atoms with Gasteiger partial charge >= 0.3 is 0 Å². The SMILES string of the molecule is C[C@H](NCc1nc2ccccc2s1)c1ccc(Cl)cc1Cl. The number of halogens is 2. The van der Waals surface area contributed by atoms with Crippen LogP contribution in [0.2, 0.25) is 10.0 Å². The van der Waals surface area contributed by atoms with Crippen LogP contribution in [0.15, 0.2) is 42.5 Å². The molecule has 0 aliphatic rings. The van der Waals surface area contributed by atoms with Gasteiger partial charge in [0.15, 0.2) is 0 Å². The van der Waals surface area contributed by atoms with Crippen LogP contribution in [0.25, 0.3) is 10.2 Å². The van der Waals surface area contributed by atoms with Gasteiger partial charge in [-0.1, -0.05) is 41.4 Å². The maximum absolute atomic E-state index is 6.23. The van der Waals surface area contributed by atoms with Crippen LogP contribution in [0.1, 0.15) is 23.5 Å². The van der Waals surface area contributed by atoms with Crippen LogP contribution in [0.5, 0.6) is 0 Å². The molecule has 0 aliphatic heterocycles. The molecule has 0 unspecified atom stereocenters. The Hall–Kier alpha value is -1.13. The Morgan fingerprint density at radius 2 is 2.00 bits per heavy atom. The van der Waals surface area contributed by atoms with Gasteiger partial charge in [0.05, 0.1) is 10.2 Å². The van der Waals surface area contributed by atoms with Gasteiger partial charge in [-0.05, 0) is 36.8 Å². The zero-order chi connectivity index (χ0) is 14.8. The summed E-state index contributed by atoms with van der Waals surface area (Å²) in [6.07, 6.45) is 0. The fraction of sp³-hybridized carbons (Fsp3) is 0.188. The van der Waals surface area contributed by atoms with Crippen LogP contribution in [0.3, 0.4) is 0 Å². The van der Waals surface area contributed by atoms with Crippen molar-refractivity contribution in [2.24, 2.45) is 0 Å². The molecule has 1 N–H and O–H groups in total. The van der Waals surface area contributed by atoms with E-state index in [9.17, 15) is 0 Å². The third-order valence-electron chi connectivity index (χ3n) is 3.33. The van der Waals surface area contributed by atoms with Crippen molar-refractivity contribution in [2.45, 2.75) is 19.5 Å². The average molecular weight is 337 g/mol. The first kappa shape index (κ1) is 14.8. The molecule has 0 fully saturated rings. The highest BCUT2D eigenvalue weighted by Crippen LogP contribution is 2.27. The summed E-state index contributed by atoms with van der Waals surface area (Å²) in [4.78, 5) is 4.62. The van der Waals surface area contributed by atoms with Crippen molar-refractivity contribution in [3.63, 3.8) is 0 Å². The Bertz CT molecular complexity index is 737. The topological polar surface area (TPSA) is 24.9 Å². The molecule has 0 aliphatic carbocycles. The number of thiazole rings is 1. The Balaban J connectivity index is 1.71. The molecule has 108 valence electrons. The largest absolute Gasteiger partial charge is 0.304 e. The zero-order valence-corrected chi connectivity index (χ0v) is 13.8. The van der Waals surface area contributed by atoms with Gasteiger partial charge in [0.2, 0.25) is 0 Å². The van der Waals surface area contributed by atoms with Crippen molar-refractivity contribution < 1.29 is 0 Å². The minimum absolute atomic E-state index is 0.141. The van der Waals surface area contributed by atoms with E-state index in [-0.39, 0.29) is 6.04 Å². The maximum Gasteiger partial charge on any atom is 0.108 e. The Labute approximate surface area is 137 Å². The van der Waals surface area contributed by atoms with E-state index < -0.39 is 0 Å². The van der Waals surface area contributed by atoms with Crippen LogP contribution in [-0.4, -0.2) is 4.98 Å². The summed E-state index contributed by atoms with van der Waals surface area (Å²) in [6, 6.07) is 13.9. The zero-order valence-electron chi connectivity index (χ0n) is 11.4. The van der Waals surface area contributed by atoms with Crippen LogP contribution >= 0.6 is 34.5 Å². The molecule has 1 atom stereocenters. The summed E-state index contributed by atoms with van der Waals surface area (Å²) in [5.74, 6) is 0. The Kier molecular flexibility index (Phi) is 4.45. The van der Waals surface area contributed by atoms with Crippen LogP contribution in [-0.2, 0) is 6.54 Å². The van der Waals surface area contributed by atoms with E-state index in [4.69, 9.17) is 23.2 Å². The second-order valence-electron chi connectivity index (χ2n) is 4.84. The van der Waals surface area contributed by atoms with E-state index in [1.807, 2.05) is 30.3 Å². The molecule has 1 heterocycles. The number of hydrogen-bond donors (Lipinski definition) is 1. The summed E-state index contributed by atoms with van der Waals surface area (Å²) < 4.78 is 1.21. The van der Waals surface area contributed by atoms with Gasteiger partial charge in [-0.25, -0.2) is 4.98 Å². The Morgan fingerprint density at radius 1 is 1.19 bits per heavy atom. The minimum Gasteiger partial charge on any atom is -0.304 e. The number of nitrogens with zero attached hydrogens (tertiary/aromatic N) is 1. The van der Waals surface area contributed by atoms with Gasteiger partial charge in [0.1, 0.15) is 5.01 Å². The summed E-state index contributed by atoms with van der Waals surface area (Å²) >= 11 is 13.9. The number of nitrogens with one attached hydrogen (secondary N) is 1. The minimum atomic E-state index is 0.141. The predicted molar refractivity (Wildman–Crippen MR) is 91.3 cm³/mol. The van der Waals surface area contributed by atoms with Crippen molar-refractivity contribution in [1.29, 1.82) is 0 Å². The molecule has 0 saturated heterocycles. The lowest BCUT2D eigenvalue weighted by molar-refractivity contribution is 0.574. The third kappa shape index (κ3) is 3.38. The highest BCUT2D eigenvalue weighted by atomic mass is 35.5. The number of aromatic nitrogens is 1. The molecule has 0 amide bonds. The molecule has 2 aromatic carbocycles. The van der Waals surface area contributed by atoms with Crippen molar-refractivity contribution in [1.82, 2.24) is 10.3 Å². The molecule has 21 heavy (non-hydrogen) atoms. The highest BCUT2D eigenvalue weighted by Gasteiger charge is 2.11. The molecule has 3 rings (SSSR count). The van der Waals surface area contributed by atoms with Crippen molar-refractivity contribution in [2.75, 3.05) is 0 Å². The van der Waals surface area contributed by atoms with Gasteiger partial charge in [-0.3, -0.25) is 0 Å². The molecule has 0 bridgehead atoms. The highest BCUT2D eigenvalue weighted by molar-refractivity contribution is 7.18. The van der Waals surface area contributed by atoms with Crippen molar-refractivity contribution in [3.8, 4) is 0 Å². The first-order valence-corrected chi connectivity index (χ1v) is 8.23. The summed E-state index contributed by atoms with van der Waals surface area (Å²) in [7, 11) is 0. The summed E-state index contributed by atoms with van der Waals surface area (Å²) in [5.41, 5.74) is 2.10. The lowest BCUT2D eigenvalue weighted by Crippen LogP contribution is -2.18. The molecule has 3 aromatic rings. The fourth-order valence-corrected chi connectivity index (χ4v) is 3.69. The van der Waals surface area contributed by atoms with Crippen LogP contribution < -0.4 is 5.32 Å². The molecular formula is C16H14Cl2N2S. The second-order valence-corrected chi connectivity index (χ2v) is 6.80. The molecule has 0 saturated carbocycles. The van der Waals surface area contributed by atoms with E-state index >= 15 is 0 Å². The van der Waals surface area contributed by atoms with Gasteiger partial charge in [-0.15, -0.1) is 11.3 Å². The summed E-state index contributed by atoms with van der Waals surface area (Å²) in [5, 5.41) is 5.88. The first-order valence-electron chi connectivity index (χ1n) is 6.66. The molecule has 0 radical (unpaired) electrons. The number of benzene rings is 2. The quantitative estimate of drug-likeness (QED) is 0.684. The van der Waals surface area contributed by atoms with E-state index in [0.717, 1.165) is 22.6 Å². The molecule has 2 nitrogen and oxygen atoms in total. The summed E-state index contributed by atoms with van der Waals surface area (Å²) in [6.45, 7) is 2.81. The second kappa shape index (κ2) is 6.32. The Morgan fingerprint density at radius 3 is 2.76 bits per heavy atom. The van der Waals surface area contributed by atoms with E-state index in [1.54, 1.807) is 17.4 Å². The van der Waals surface area contributed by atoms with Gasteiger partial charge in [-0.2, -0.15) is 0 Å². The predicted octanol–water partition coefficient (Wildman–Crippen LogP) is 5.45. The monoisotopic (exact) mass is 336 g/mol. The molecular weight excluding hydrogens is 323 g/mol. The van der Waals surface area contributed by atoms with E-state index in [1.165, 1.54) is 4.70 Å². The van der Waals surface area contributed by atoms with E-state index in [0.29, 0.717) is 10.0 Å². The van der Waals surface area contributed by atoms with Gasteiger partial charge in [0, 0.05) is 22.6 Å². The first-order chi connectivity index (χ1) is 10.1. The van der Waals surface area contributed by atoms with E-state index in [2.05, 4.69) is 23.3 Å². The third-order valence-corrected chi connectivity index (χ3v) is 4.93. The van der Waals surface area contributed by atoms with Crippen molar-refractivity contribution >= 4 is 44.8 Å². The van der Waals surface area contributed by atoms with Gasteiger partial charge < -0.3 is 5.32 Å². The lowest BCUT2D eigenvalue weighted by Gasteiger charge is -2.15. The van der Waals surface area contributed by atoms with Gasteiger partial charge in [0.25, 0.3) is 0 Å². The molecule has 0 spiro atoms. The number of rotatable bonds is 4. The lowest BCUT2D eigenvalue weighted by atomic mass is 10.1. The normalized spacial score (nSPS) is 12.7. The number of para-hydroxylation sites is 1. The van der Waals surface area contributed by atoms with Crippen LogP contribution in [0.4, 0.5) is 0 Å². The fourth-order valence-electron chi connectivity index (χ4n) is 2.20. The number of fused-ring (bicyclic) bond motifs is 1. The number of hydrogen-bond acceptors (Lipinski definition) is 3. The molecule has 1 aromatic heterocycles. The van der Waals surface area contributed by atoms with Crippen LogP contribution in [0, 0.1) is 0 Å².